The predicted molar refractivity (Wildman–Crippen MR) is 57.6 cm³/mol. The van der Waals surface area contributed by atoms with Crippen molar-refractivity contribution in [2.45, 2.75) is 6.10 Å². The molecule has 0 radical (unpaired) electrons. The quantitative estimate of drug-likeness (QED) is 0.446. The van der Waals surface area contributed by atoms with Crippen LogP contribution in [0.1, 0.15) is 22.0 Å². The molecule has 0 aromatic heterocycles. The van der Waals surface area contributed by atoms with E-state index in [0.717, 1.165) is 12.1 Å². The van der Waals surface area contributed by atoms with Crippen LogP contribution in [0.25, 0.3) is 0 Å². The van der Waals surface area contributed by atoms with Crippen LogP contribution in [0.5, 0.6) is 5.75 Å². The largest absolute Gasteiger partial charge is 0.496 e. The topological polar surface area (TPSA) is 127 Å². The number of carbonyl (C=O) groups excluding carboxylic acids is 1. The lowest BCUT2D eigenvalue weighted by atomic mass is 10.0. The molecule has 1 unspecified atom stereocenters. The fraction of sp³-hybridized carbons (Fsp3) is 0.200. The van der Waals surface area contributed by atoms with Crippen molar-refractivity contribution in [1.29, 1.82) is 0 Å². The molecule has 0 saturated carbocycles. The highest BCUT2D eigenvalue weighted by Gasteiger charge is 2.25. The lowest BCUT2D eigenvalue weighted by Crippen LogP contribution is -2.13. The van der Waals surface area contributed by atoms with Gasteiger partial charge in [-0.25, -0.2) is 4.79 Å². The second-order valence-electron chi connectivity index (χ2n) is 3.27. The van der Waals surface area contributed by atoms with E-state index in [9.17, 15) is 24.8 Å². The number of methoxy groups -OCH3 is 1. The standard InChI is InChI=1S/C10H9NO7/c1-18-8-3-5(11(16)17)2-6(7(8)4-12)9(13)10(14)15/h2-4,9,13H,1H3,(H,14,15). The number of aliphatic hydroxyl groups is 1. The average molecular weight is 255 g/mol. The highest BCUT2D eigenvalue weighted by Crippen LogP contribution is 2.31. The van der Waals surface area contributed by atoms with Crippen molar-refractivity contribution in [2.24, 2.45) is 0 Å². The first-order chi connectivity index (χ1) is 8.42. The summed E-state index contributed by atoms with van der Waals surface area (Å²) in [6, 6.07) is 1.80. The maximum atomic E-state index is 10.9. The zero-order chi connectivity index (χ0) is 13.9. The lowest BCUT2D eigenvalue weighted by molar-refractivity contribution is -0.385. The number of ether oxygens (including phenoxy) is 1. The van der Waals surface area contributed by atoms with Crippen LogP contribution < -0.4 is 4.74 Å². The number of carbonyl (C=O) groups is 2. The molecule has 8 heteroatoms. The number of carboxylic acid groups (broad SMARTS) is 1. The number of non-ortho nitro benzene ring substituents is 1. The third-order valence-electron chi connectivity index (χ3n) is 2.24. The summed E-state index contributed by atoms with van der Waals surface area (Å²) in [6.07, 6.45) is -1.77. The van der Waals surface area contributed by atoms with Gasteiger partial charge in [-0.05, 0) is 0 Å². The molecule has 0 fully saturated rings. The number of nitrogens with zero attached hydrogens (tertiary/aromatic N) is 1. The number of nitro benzene ring substituents is 1. The van der Waals surface area contributed by atoms with Gasteiger partial charge in [-0.3, -0.25) is 14.9 Å². The third-order valence-corrected chi connectivity index (χ3v) is 2.24. The minimum Gasteiger partial charge on any atom is -0.496 e. The van der Waals surface area contributed by atoms with E-state index in [1.54, 1.807) is 0 Å². The van der Waals surface area contributed by atoms with Crippen LogP contribution in [0, 0.1) is 10.1 Å². The van der Waals surface area contributed by atoms with Crippen LogP contribution in [-0.2, 0) is 4.79 Å². The Morgan fingerprint density at radius 1 is 1.56 bits per heavy atom. The lowest BCUT2D eigenvalue weighted by Gasteiger charge is -2.11. The normalized spacial score (nSPS) is 11.7. The number of hydrogen-bond acceptors (Lipinski definition) is 6. The Kier molecular flexibility index (Phi) is 3.95. The average Bonchev–Trinajstić information content (AvgIpc) is 2.35. The van der Waals surface area contributed by atoms with Gasteiger partial charge in [-0.15, -0.1) is 0 Å². The zero-order valence-electron chi connectivity index (χ0n) is 9.19. The first-order valence-electron chi connectivity index (χ1n) is 4.64. The molecule has 18 heavy (non-hydrogen) atoms. The molecule has 1 aromatic carbocycles. The Bertz CT molecular complexity index is 511. The molecule has 1 aromatic rings. The number of carboxylic acids is 1. The van der Waals surface area contributed by atoms with Crippen molar-refractivity contribution >= 4 is 17.9 Å². The number of nitro groups is 1. The molecule has 0 amide bonds. The van der Waals surface area contributed by atoms with Crippen LogP contribution in [0.2, 0.25) is 0 Å². The van der Waals surface area contributed by atoms with Crippen molar-refractivity contribution in [3.05, 3.63) is 33.4 Å². The first kappa shape index (κ1) is 13.6. The molecule has 0 aliphatic heterocycles. The van der Waals surface area contributed by atoms with Gasteiger partial charge in [-0.1, -0.05) is 0 Å². The number of rotatable bonds is 5. The Hall–Kier alpha value is -2.48. The van der Waals surface area contributed by atoms with Crippen LogP contribution in [-0.4, -0.2) is 34.5 Å². The van der Waals surface area contributed by atoms with E-state index < -0.39 is 22.7 Å². The van der Waals surface area contributed by atoms with E-state index in [0.29, 0.717) is 0 Å². The SMILES string of the molecule is COc1cc([N+](=O)[O-])cc(C(O)C(=O)O)c1C=O. The Morgan fingerprint density at radius 2 is 2.17 bits per heavy atom. The van der Waals surface area contributed by atoms with Gasteiger partial charge < -0.3 is 14.9 Å². The van der Waals surface area contributed by atoms with Crippen molar-refractivity contribution in [1.82, 2.24) is 0 Å². The summed E-state index contributed by atoms with van der Waals surface area (Å²) in [7, 11) is 1.17. The fourth-order valence-electron chi connectivity index (χ4n) is 1.39. The maximum absolute atomic E-state index is 10.9. The molecular formula is C10H9NO7. The van der Waals surface area contributed by atoms with Crippen molar-refractivity contribution < 1.29 is 29.5 Å². The summed E-state index contributed by atoms with van der Waals surface area (Å²) in [5.41, 5.74) is -1.10. The van der Waals surface area contributed by atoms with Crippen LogP contribution in [0.15, 0.2) is 12.1 Å². The molecule has 96 valence electrons. The summed E-state index contributed by atoms with van der Waals surface area (Å²) in [5.74, 6) is -1.80. The van der Waals surface area contributed by atoms with Crippen LogP contribution >= 0.6 is 0 Å². The second-order valence-corrected chi connectivity index (χ2v) is 3.27. The predicted octanol–water partition coefficient (Wildman–Crippen LogP) is 0.534. The van der Waals surface area contributed by atoms with E-state index in [4.69, 9.17) is 9.84 Å². The Labute approximate surface area is 101 Å². The summed E-state index contributed by atoms with van der Waals surface area (Å²) in [4.78, 5) is 31.4. The third kappa shape index (κ3) is 2.43. The summed E-state index contributed by atoms with van der Waals surface area (Å²) in [5, 5.41) is 28.7. The first-order valence-corrected chi connectivity index (χ1v) is 4.64. The van der Waals surface area contributed by atoms with E-state index >= 15 is 0 Å². The molecule has 0 heterocycles. The number of hydrogen-bond donors (Lipinski definition) is 2. The molecule has 1 atom stereocenters. The van der Waals surface area contributed by atoms with Gasteiger partial charge in [0.1, 0.15) is 5.75 Å². The van der Waals surface area contributed by atoms with Gasteiger partial charge in [0.15, 0.2) is 12.4 Å². The molecule has 2 N–H and O–H groups in total. The molecule has 0 aliphatic carbocycles. The van der Waals surface area contributed by atoms with Gasteiger partial charge in [0.25, 0.3) is 5.69 Å². The number of benzene rings is 1. The van der Waals surface area contributed by atoms with Gasteiger partial charge in [-0.2, -0.15) is 0 Å². The smallest absolute Gasteiger partial charge is 0.337 e. The van der Waals surface area contributed by atoms with Gasteiger partial charge in [0, 0.05) is 11.6 Å². The molecular weight excluding hydrogens is 246 g/mol. The van der Waals surface area contributed by atoms with E-state index in [-0.39, 0.29) is 23.2 Å². The minimum atomic E-state index is -2.04. The van der Waals surface area contributed by atoms with E-state index in [1.165, 1.54) is 7.11 Å². The summed E-state index contributed by atoms with van der Waals surface area (Å²) in [6.45, 7) is 0. The van der Waals surface area contributed by atoms with Crippen LogP contribution in [0.4, 0.5) is 5.69 Å². The number of aliphatic hydroxyl groups excluding tert-OH is 1. The van der Waals surface area contributed by atoms with Gasteiger partial charge in [0.2, 0.25) is 0 Å². The minimum absolute atomic E-state index is 0.172. The van der Waals surface area contributed by atoms with Crippen molar-refractivity contribution in [2.75, 3.05) is 7.11 Å². The Morgan fingerprint density at radius 3 is 2.56 bits per heavy atom. The summed E-state index contributed by atoms with van der Waals surface area (Å²) < 4.78 is 4.76. The molecule has 0 spiro atoms. The monoisotopic (exact) mass is 255 g/mol. The zero-order valence-corrected chi connectivity index (χ0v) is 9.19. The summed E-state index contributed by atoms with van der Waals surface area (Å²) >= 11 is 0. The van der Waals surface area contributed by atoms with E-state index in [2.05, 4.69) is 0 Å². The second kappa shape index (κ2) is 5.23. The number of aldehydes is 1. The van der Waals surface area contributed by atoms with Gasteiger partial charge >= 0.3 is 5.97 Å². The van der Waals surface area contributed by atoms with Crippen LogP contribution in [0.3, 0.4) is 0 Å². The van der Waals surface area contributed by atoms with Crippen molar-refractivity contribution in [3.63, 3.8) is 0 Å². The molecule has 0 saturated heterocycles. The number of aliphatic carboxylic acids is 1. The Balaban J connectivity index is 3.54. The molecule has 0 aliphatic rings. The highest BCUT2D eigenvalue weighted by atomic mass is 16.6. The highest BCUT2D eigenvalue weighted by molar-refractivity contribution is 5.87. The molecule has 1 rings (SSSR count). The molecule has 8 nitrogen and oxygen atoms in total. The fourth-order valence-corrected chi connectivity index (χ4v) is 1.39. The molecule has 0 bridgehead atoms. The van der Waals surface area contributed by atoms with Crippen molar-refractivity contribution in [3.8, 4) is 5.75 Å². The van der Waals surface area contributed by atoms with Gasteiger partial charge in [0.05, 0.1) is 23.7 Å². The maximum Gasteiger partial charge on any atom is 0.337 e. The van der Waals surface area contributed by atoms with E-state index in [1.807, 2.05) is 0 Å².